The molecule has 2 rings (SSSR count). The second kappa shape index (κ2) is 4.75. The van der Waals surface area contributed by atoms with Gasteiger partial charge < -0.3 is 5.11 Å². The fraction of sp³-hybridized carbons (Fsp3) is 0.182. The number of hydrogen-bond donors (Lipinski definition) is 1. The predicted molar refractivity (Wildman–Crippen MR) is 62.2 cm³/mol. The monoisotopic (exact) mass is 239 g/mol. The van der Waals surface area contributed by atoms with E-state index in [9.17, 15) is 5.11 Å². The molecule has 2 aromatic rings. The molecule has 0 radical (unpaired) electrons. The van der Waals surface area contributed by atoms with Crippen LogP contribution in [0.1, 0.15) is 16.5 Å². The van der Waals surface area contributed by atoms with Gasteiger partial charge in [-0.05, 0) is 23.1 Å². The van der Waals surface area contributed by atoms with Gasteiger partial charge in [0.25, 0.3) is 0 Å². The molecule has 4 heteroatoms. The van der Waals surface area contributed by atoms with Gasteiger partial charge in [-0.15, -0.1) is 11.3 Å². The molecule has 0 saturated carbocycles. The lowest BCUT2D eigenvalue weighted by molar-refractivity contribution is 0.182. The van der Waals surface area contributed by atoms with Gasteiger partial charge in [-0.1, -0.05) is 17.7 Å². The molecule has 2 aromatic heterocycles. The van der Waals surface area contributed by atoms with Crippen molar-refractivity contribution in [2.24, 2.45) is 0 Å². The molecule has 0 aliphatic carbocycles. The topological polar surface area (TPSA) is 33.1 Å². The van der Waals surface area contributed by atoms with Gasteiger partial charge in [0.1, 0.15) is 0 Å². The molecule has 2 heterocycles. The van der Waals surface area contributed by atoms with Gasteiger partial charge in [-0.2, -0.15) is 0 Å². The number of pyridine rings is 1. The summed E-state index contributed by atoms with van der Waals surface area (Å²) in [5.41, 5.74) is 0.924. The lowest BCUT2D eigenvalue weighted by Gasteiger charge is -2.09. The normalized spacial score (nSPS) is 12.7. The highest BCUT2D eigenvalue weighted by Gasteiger charge is 2.11. The second-order valence-corrected chi connectivity index (χ2v) is 4.59. The van der Waals surface area contributed by atoms with E-state index in [1.165, 1.54) is 0 Å². The number of halogens is 1. The summed E-state index contributed by atoms with van der Waals surface area (Å²) in [4.78, 5) is 4.86. The number of rotatable bonds is 3. The molecule has 0 amide bonds. The van der Waals surface area contributed by atoms with Crippen LogP contribution in [0.4, 0.5) is 0 Å². The highest BCUT2D eigenvalue weighted by atomic mass is 35.5. The molecule has 0 aromatic carbocycles. The van der Waals surface area contributed by atoms with Crippen molar-refractivity contribution < 1.29 is 5.11 Å². The van der Waals surface area contributed by atoms with E-state index in [1.54, 1.807) is 23.7 Å². The summed E-state index contributed by atoms with van der Waals surface area (Å²) in [5, 5.41) is 12.5. The van der Waals surface area contributed by atoms with Gasteiger partial charge in [0.05, 0.1) is 11.1 Å². The van der Waals surface area contributed by atoms with Crippen molar-refractivity contribution in [1.82, 2.24) is 4.98 Å². The summed E-state index contributed by atoms with van der Waals surface area (Å²) in [6.45, 7) is 0. The molecular weight excluding hydrogens is 230 g/mol. The second-order valence-electron chi connectivity index (χ2n) is 3.20. The average Bonchev–Trinajstić information content (AvgIpc) is 2.74. The van der Waals surface area contributed by atoms with Crippen LogP contribution in [0.3, 0.4) is 0 Å². The number of aromatic nitrogens is 1. The van der Waals surface area contributed by atoms with Crippen LogP contribution in [0.2, 0.25) is 5.02 Å². The van der Waals surface area contributed by atoms with Crippen LogP contribution in [-0.4, -0.2) is 10.1 Å². The molecule has 0 aliphatic rings. The Balaban J connectivity index is 2.13. The molecule has 1 N–H and O–H groups in total. The zero-order chi connectivity index (χ0) is 10.7. The first-order chi connectivity index (χ1) is 7.27. The zero-order valence-electron chi connectivity index (χ0n) is 7.93. The summed E-state index contributed by atoms with van der Waals surface area (Å²) in [6, 6.07) is 5.68. The first kappa shape index (κ1) is 10.6. The largest absolute Gasteiger partial charge is 0.387 e. The minimum atomic E-state index is -0.482. The Hall–Kier alpha value is -0.900. The van der Waals surface area contributed by atoms with Crippen LogP contribution in [-0.2, 0) is 6.42 Å². The molecule has 2 nitrogen and oxygen atoms in total. The third-order valence-corrected chi connectivity index (χ3v) is 3.46. The van der Waals surface area contributed by atoms with E-state index in [0.29, 0.717) is 11.4 Å². The Morgan fingerprint density at radius 3 is 3.00 bits per heavy atom. The van der Waals surface area contributed by atoms with E-state index in [4.69, 9.17) is 11.6 Å². The summed E-state index contributed by atoms with van der Waals surface area (Å²) in [7, 11) is 0. The van der Waals surface area contributed by atoms with Crippen LogP contribution in [0.5, 0.6) is 0 Å². The number of hydrogen-bond acceptors (Lipinski definition) is 3. The molecule has 15 heavy (non-hydrogen) atoms. The quantitative estimate of drug-likeness (QED) is 0.893. The SMILES string of the molecule is OC(Cc1ccncc1Cl)c1cccs1. The van der Waals surface area contributed by atoms with Crippen molar-refractivity contribution in [2.75, 3.05) is 0 Å². The van der Waals surface area contributed by atoms with Gasteiger partial charge in [0.15, 0.2) is 0 Å². The lowest BCUT2D eigenvalue weighted by atomic mass is 10.1. The van der Waals surface area contributed by atoms with Crippen LogP contribution < -0.4 is 0 Å². The van der Waals surface area contributed by atoms with Crippen molar-refractivity contribution >= 4 is 22.9 Å². The first-order valence-corrected chi connectivity index (χ1v) is 5.83. The summed E-state index contributed by atoms with van der Waals surface area (Å²) in [6.07, 6.45) is 3.33. The Morgan fingerprint density at radius 1 is 1.47 bits per heavy atom. The maximum absolute atomic E-state index is 9.92. The fourth-order valence-electron chi connectivity index (χ4n) is 1.36. The van der Waals surface area contributed by atoms with Gasteiger partial charge in [0, 0.05) is 23.7 Å². The predicted octanol–water partition coefficient (Wildman–Crippen LogP) is 3.07. The van der Waals surface area contributed by atoms with Gasteiger partial charge >= 0.3 is 0 Å². The summed E-state index contributed by atoms with van der Waals surface area (Å²) in [5.74, 6) is 0. The summed E-state index contributed by atoms with van der Waals surface area (Å²) < 4.78 is 0. The van der Waals surface area contributed by atoms with E-state index in [0.717, 1.165) is 10.4 Å². The fourth-order valence-corrected chi connectivity index (χ4v) is 2.27. The number of aliphatic hydroxyl groups is 1. The standard InChI is InChI=1S/C11H10ClNOS/c12-9-7-13-4-3-8(9)6-10(14)11-2-1-5-15-11/h1-5,7,10,14H,6H2. The highest BCUT2D eigenvalue weighted by molar-refractivity contribution is 7.10. The van der Waals surface area contributed by atoms with Crippen LogP contribution in [0.15, 0.2) is 36.0 Å². The van der Waals surface area contributed by atoms with E-state index >= 15 is 0 Å². The molecule has 1 atom stereocenters. The van der Waals surface area contributed by atoms with Gasteiger partial charge in [-0.25, -0.2) is 0 Å². The third kappa shape index (κ3) is 2.56. The Labute approximate surface area is 97.2 Å². The maximum Gasteiger partial charge on any atom is 0.0922 e. The van der Waals surface area contributed by atoms with E-state index in [1.807, 2.05) is 23.6 Å². The smallest absolute Gasteiger partial charge is 0.0922 e. The van der Waals surface area contributed by atoms with Crippen LogP contribution >= 0.6 is 22.9 Å². The summed E-state index contributed by atoms with van der Waals surface area (Å²) >= 11 is 7.51. The molecule has 0 bridgehead atoms. The van der Waals surface area contributed by atoms with Crippen molar-refractivity contribution in [3.63, 3.8) is 0 Å². The van der Waals surface area contributed by atoms with E-state index < -0.39 is 6.10 Å². The van der Waals surface area contributed by atoms with Crippen LogP contribution in [0.25, 0.3) is 0 Å². The van der Waals surface area contributed by atoms with E-state index in [-0.39, 0.29) is 0 Å². The highest BCUT2D eigenvalue weighted by Crippen LogP contribution is 2.25. The molecule has 1 unspecified atom stereocenters. The van der Waals surface area contributed by atoms with Crippen LogP contribution in [0, 0.1) is 0 Å². The van der Waals surface area contributed by atoms with E-state index in [2.05, 4.69) is 4.98 Å². The maximum atomic E-state index is 9.92. The molecular formula is C11H10ClNOS. The van der Waals surface area contributed by atoms with Crippen molar-refractivity contribution in [3.05, 3.63) is 51.4 Å². The van der Waals surface area contributed by atoms with Gasteiger partial charge in [-0.3, -0.25) is 4.98 Å². The zero-order valence-corrected chi connectivity index (χ0v) is 9.50. The Bertz CT molecular complexity index is 430. The average molecular weight is 240 g/mol. The molecule has 78 valence electrons. The molecule has 0 aliphatic heterocycles. The Morgan fingerprint density at radius 2 is 2.33 bits per heavy atom. The van der Waals surface area contributed by atoms with Crippen molar-refractivity contribution in [1.29, 1.82) is 0 Å². The van der Waals surface area contributed by atoms with Gasteiger partial charge in [0.2, 0.25) is 0 Å². The van der Waals surface area contributed by atoms with Crippen molar-refractivity contribution in [3.8, 4) is 0 Å². The lowest BCUT2D eigenvalue weighted by Crippen LogP contribution is -2.00. The number of thiophene rings is 1. The van der Waals surface area contributed by atoms with Crippen molar-refractivity contribution in [2.45, 2.75) is 12.5 Å². The molecule has 0 spiro atoms. The minimum absolute atomic E-state index is 0.482. The number of nitrogens with zero attached hydrogens (tertiary/aromatic N) is 1. The third-order valence-electron chi connectivity index (χ3n) is 2.14. The minimum Gasteiger partial charge on any atom is -0.387 e. The molecule has 0 fully saturated rings. The molecule has 0 saturated heterocycles. The first-order valence-electron chi connectivity index (χ1n) is 4.57. The Kier molecular flexibility index (Phi) is 3.36. The number of aliphatic hydroxyl groups excluding tert-OH is 1.